The van der Waals surface area contributed by atoms with Crippen molar-refractivity contribution in [2.45, 2.75) is 12.5 Å². The fraction of sp³-hybridized carbons (Fsp3) is 0.600. The molecule has 0 amide bonds. The molecular formula is C10H20N2S. The third-order valence-corrected chi connectivity index (χ3v) is 4.27. The molecule has 1 atom stereocenters. The lowest BCUT2D eigenvalue weighted by atomic mass is 10.2. The summed E-state index contributed by atoms with van der Waals surface area (Å²) in [5.74, 6) is 1.26. The van der Waals surface area contributed by atoms with Gasteiger partial charge in [0.15, 0.2) is 0 Å². The number of allylic oxidation sites excluding steroid dienone is 2. The number of hydrogen-bond acceptors (Lipinski definition) is 2. The second-order valence-electron chi connectivity index (χ2n) is 3.57. The van der Waals surface area contributed by atoms with Crippen LogP contribution in [0.25, 0.3) is 0 Å². The van der Waals surface area contributed by atoms with E-state index in [0.29, 0.717) is 6.04 Å². The molecular weight excluding hydrogens is 180 g/mol. The Kier molecular flexibility index (Phi) is 4.56. The highest BCUT2D eigenvalue weighted by Crippen LogP contribution is 2.34. The standard InChI is InChI=1S/C10H20N2S/c1-12(2)10(5-6-11)9-13-7-3-4-8-13/h3-4,7-8,10,13H,5-6,9,11H2,1-2H3. The molecule has 3 heteroatoms. The average molecular weight is 200 g/mol. The molecule has 2 nitrogen and oxygen atoms in total. The first-order valence-corrected chi connectivity index (χ1v) is 6.38. The first-order chi connectivity index (χ1) is 6.24. The summed E-state index contributed by atoms with van der Waals surface area (Å²) in [5.41, 5.74) is 5.59. The summed E-state index contributed by atoms with van der Waals surface area (Å²) in [6.07, 6.45) is 5.41. The molecule has 0 saturated heterocycles. The largest absolute Gasteiger partial charge is 0.330 e. The summed E-state index contributed by atoms with van der Waals surface area (Å²) in [5, 5.41) is 4.64. The predicted octanol–water partition coefficient (Wildman–Crippen LogP) is 1.31. The van der Waals surface area contributed by atoms with Gasteiger partial charge >= 0.3 is 0 Å². The lowest BCUT2D eigenvalue weighted by Crippen LogP contribution is -2.33. The van der Waals surface area contributed by atoms with Crippen molar-refractivity contribution in [2.75, 3.05) is 26.4 Å². The predicted molar refractivity (Wildman–Crippen MR) is 63.3 cm³/mol. The smallest absolute Gasteiger partial charge is 0.0181 e. The quantitative estimate of drug-likeness (QED) is 0.655. The molecule has 0 aliphatic carbocycles. The first kappa shape index (κ1) is 10.8. The van der Waals surface area contributed by atoms with Crippen LogP contribution in [0.2, 0.25) is 0 Å². The Hall–Kier alpha value is -0.250. The monoisotopic (exact) mass is 200 g/mol. The second kappa shape index (κ2) is 5.47. The van der Waals surface area contributed by atoms with Crippen molar-refractivity contribution in [1.29, 1.82) is 0 Å². The van der Waals surface area contributed by atoms with Crippen molar-refractivity contribution in [2.24, 2.45) is 5.73 Å². The molecule has 0 saturated carbocycles. The zero-order valence-electron chi connectivity index (χ0n) is 8.48. The summed E-state index contributed by atoms with van der Waals surface area (Å²) >= 11 is 0. The van der Waals surface area contributed by atoms with Crippen molar-refractivity contribution in [1.82, 2.24) is 4.90 Å². The van der Waals surface area contributed by atoms with Crippen LogP contribution in [0, 0.1) is 0 Å². The van der Waals surface area contributed by atoms with Crippen LogP contribution in [0.1, 0.15) is 6.42 Å². The number of nitrogens with zero attached hydrogens (tertiary/aromatic N) is 1. The van der Waals surface area contributed by atoms with Crippen molar-refractivity contribution in [3.63, 3.8) is 0 Å². The Morgan fingerprint density at radius 3 is 2.38 bits per heavy atom. The molecule has 13 heavy (non-hydrogen) atoms. The molecule has 0 aromatic rings. The maximum Gasteiger partial charge on any atom is 0.0181 e. The molecule has 0 bridgehead atoms. The molecule has 1 unspecified atom stereocenters. The summed E-state index contributed by atoms with van der Waals surface area (Å²) in [6.45, 7) is 0.791. The topological polar surface area (TPSA) is 29.3 Å². The highest BCUT2D eigenvalue weighted by Gasteiger charge is 2.13. The Bertz CT molecular complexity index is 187. The molecule has 0 aromatic heterocycles. The maximum absolute atomic E-state index is 5.59. The van der Waals surface area contributed by atoms with Crippen LogP contribution >= 0.6 is 10.9 Å². The van der Waals surface area contributed by atoms with Crippen LogP contribution in [0.4, 0.5) is 0 Å². The van der Waals surface area contributed by atoms with Gasteiger partial charge in [0.05, 0.1) is 0 Å². The molecule has 0 fully saturated rings. The van der Waals surface area contributed by atoms with Crippen molar-refractivity contribution in [3.8, 4) is 0 Å². The minimum atomic E-state index is 0.0132. The molecule has 0 spiro atoms. The third kappa shape index (κ3) is 3.55. The SMILES string of the molecule is CN(C)C(CCN)C[SH]1C=CC=C1. The van der Waals surface area contributed by atoms with Gasteiger partial charge in [-0.05, 0) is 43.6 Å². The van der Waals surface area contributed by atoms with E-state index in [0.717, 1.165) is 13.0 Å². The van der Waals surface area contributed by atoms with Gasteiger partial charge in [0.25, 0.3) is 0 Å². The van der Waals surface area contributed by atoms with Crippen LogP contribution in [0.15, 0.2) is 23.0 Å². The maximum atomic E-state index is 5.59. The van der Waals surface area contributed by atoms with E-state index in [1.165, 1.54) is 5.75 Å². The van der Waals surface area contributed by atoms with E-state index in [1.807, 2.05) is 0 Å². The van der Waals surface area contributed by atoms with Crippen LogP contribution < -0.4 is 5.73 Å². The summed E-state index contributed by atoms with van der Waals surface area (Å²) in [6, 6.07) is 0.642. The van der Waals surface area contributed by atoms with E-state index in [-0.39, 0.29) is 10.9 Å². The van der Waals surface area contributed by atoms with Crippen LogP contribution in [-0.2, 0) is 0 Å². The zero-order chi connectivity index (χ0) is 9.68. The van der Waals surface area contributed by atoms with E-state index in [1.54, 1.807) is 0 Å². The van der Waals surface area contributed by atoms with E-state index in [2.05, 4.69) is 42.0 Å². The van der Waals surface area contributed by atoms with E-state index in [4.69, 9.17) is 5.73 Å². The lowest BCUT2D eigenvalue weighted by Gasteiger charge is -2.26. The summed E-state index contributed by atoms with van der Waals surface area (Å²) in [4.78, 5) is 2.29. The number of rotatable bonds is 5. The van der Waals surface area contributed by atoms with E-state index in [9.17, 15) is 0 Å². The van der Waals surface area contributed by atoms with Gasteiger partial charge in [-0.15, -0.1) is 0 Å². The Morgan fingerprint density at radius 2 is 1.92 bits per heavy atom. The molecule has 2 N–H and O–H groups in total. The Labute approximate surface area is 83.8 Å². The molecule has 0 aromatic carbocycles. The fourth-order valence-electron chi connectivity index (χ4n) is 1.44. The normalized spacial score (nSPS) is 20.2. The van der Waals surface area contributed by atoms with Gasteiger partial charge < -0.3 is 10.6 Å². The minimum absolute atomic E-state index is 0.0132. The van der Waals surface area contributed by atoms with Gasteiger partial charge in [-0.1, -0.05) is 12.2 Å². The van der Waals surface area contributed by atoms with E-state index >= 15 is 0 Å². The molecule has 0 radical (unpaired) electrons. The van der Waals surface area contributed by atoms with Crippen LogP contribution in [0.5, 0.6) is 0 Å². The van der Waals surface area contributed by atoms with Crippen molar-refractivity contribution < 1.29 is 0 Å². The highest BCUT2D eigenvalue weighted by molar-refractivity contribution is 8.22. The Morgan fingerprint density at radius 1 is 1.31 bits per heavy atom. The molecule has 1 heterocycles. The van der Waals surface area contributed by atoms with Crippen molar-refractivity contribution in [3.05, 3.63) is 23.0 Å². The van der Waals surface area contributed by atoms with Gasteiger partial charge in [-0.2, -0.15) is 0 Å². The van der Waals surface area contributed by atoms with Crippen LogP contribution in [0.3, 0.4) is 0 Å². The molecule has 1 rings (SSSR count). The summed E-state index contributed by atoms with van der Waals surface area (Å²) < 4.78 is 0. The van der Waals surface area contributed by atoms with Gasteiger partial charge in [0.2, 0.25) is 0 Å². The highest BCUT2D eigenvalue weighted by atomic mass is 32.2. The van der Waals surface area contributed by atoms with Crippen molar-refractivity contribution >= 4 is 10.9 Å². The second-order valence-corrected chi connectivity index (χ2v) is 5.56. The molecule has 1 aliphatic rings. The summed E-state index contributed by atoms with van der Waals surface area (Å²) in [7, 11) is 4.29. The van der Waals surface area contributed by atoms with Gasteiger partial charge in [0, 0.05) is 6.04 Å². The fourth-order valence-corrected chi connectivity index (χ4v) is 3.42. The van der Waals surface area contributed by atoms with Gasteiger partial charge in [0.1, 0.15) is 0 Å². The number of nitrogens with two attached hydrogens (primary N) is 1. The number of thiol groups is 1. The van der Waals surface area contributed by atoms with Crippen LogP contribution in [-0.4, -0.2) is 37.3 Å². The van der Waals surface area contributed by atoms with E-state index < -0.39 is 0 Å². The number of hydrogen-bond donors (Lipinski definition) is 2. The third-order valence-electron chi connectivity index (χ3n) is 2.32. The minimum Gasteiger partial charge on any atom is -0.330 e. The molecule has 1 aliphatic heterocycles. The first-order valence-electron chi connectivity index (χ1n) is 4.71. The Balaban J connectivity index is 2.37. The lowest BCUT2D eigenvalue weighted by molar-refractivity contribution is 0.306. The molecule has 76 valence electrons. The zero-order valence-corrected chi connectivity index (χ0v) is 9.37. The average Bonchev–Trinajstić information content (AvgIpc) is 2.56. The van der Waals surface area contributed by atoms with Gasteiger partial charge in [-0.3, -0.25) is 0 Å². The van der Waals surface area contributed by atoms with Gasteiger partial charge in [-0.25, -0.2) is 10.9 Å².